The first-order valence-electron chi connectivity index (χ1n) is 7.80. The molecule has 1 aromatic heterocycles. The van der Waals surface area contributed by atoms with Crippen LogP contribution in [0.4, 0.5) is 14.5 Å². The number of ether oxygens (including phenoxy) is 1. The normalized spacial score (nSPS) is 11.4. The van der Waals surface area contributed by atoms with Gasteiger partial charge in [-0.05, 0) is 24.3 Å². The van der Waals surface area contributed by atoms with Crippen LogP contribution in [0.25, 0.3) is 16.8 Å². The van der Waals surface area contributed by atoms with Crippen molar-refractivity contribution in [1.82, 2.24) is 4.98 Å². The summed E-state index contributed by atoms with van der Waals surface area (Å²) in [5.41, 5.74) is 1.94. The third-order valence-corrected chi connectivity index (χ3v) is 5.16. The molecule has 28 heavy (non-hydrogen) atoms. The van der Waals surface area contributed by atoms with Crippen LogP contribution in [-0.4, -0.2) is 11.6 Å². The van der Waals surface area contributed by atoms with Gasteiger partial charge in [0.1, 0.15) is 22.4 Å². The first-order valence-corrected chi connectivity index (χ1v) is 9.43. The number of nitriles is 1. The first-order chi connectivity index (χ1) is 13.5. The molecule has 3 aromatic rings. The number of halogens is 4. The Kier molecular flexibility index (Phi) is 6.47. The Hall–Kier alpha value is -2.66. The lowest BCUT2D eigenvalue weighted by Crippen LogP contribution is -2.04. The molecule has 3 rings (SSSR count). The molecule has 0 aliphatic heterocycles. The van der Waals surface area contributed by atoms with Gasteiger partial charge in [-0.3, -0.25) is 0 Å². The highest BCUT2D eigenvalue weighted by atomic mass is 35.5. The fraction of sp³-hybridized carbons (Fsp3) is 0.0526. The first kappa shape index (κ1) is 20.1. The summed E-state index contributed by atoms with van der Waals surface area (Å²) in [6, 6.07) is 13.4. The molecule has 0 radical (unpaired) electrons. The highest BCUT2D eigenvalue weighted by Crippen LogP contribution is 2.31. The molecule has 0 atom stereocenters. The van der Waals surface area contributed by atoms with Crippen molar-refractivity contribution >= 4 is 45.8 Å². The van der Waals surface area contributed by atoms with Crippen molar-refractivity contribution in [2.24, 2.45) is 0 Å². The van der Waals surface area contributed by atoms with E-state index in [0.29, 0.717) is 26.4 Å². The lowest BCUT2D eigenvalue weighted by Gasteiger charge is -2.10. The zero-order valence-corrected chi connectivity index (χ0v) is 16.3. The van der Waals surface area contributed by atoms with Gasteiger partial charge in [-0.25, -0.2) is 4.98 Å². The number of anilines is 1. The molecule has 0 spiro atoms. The largest absolute Gasteiger partial charge is 0.433 e. The van der Waals surface area contributed by atoms with Gasteiger partial charge in [-0.1, -0.05) is 41.4 Å². The maximum Gasteiger partial charge on any atom is 0.387 e. The number of allylic oxidation sites excluding steroid dienone is 1. The molecule has 0 saturated heterocycles. The van der Waals surface area contributed by atoms with Crippen LogP contribution in [0.15, 0.2) is 54.0 Å². The van der Waals surface area contributed by atoms with Crippen LogP contribution in [0.1, 0.15) is 5.01 Å². The second-order valence-electron chi connectivity index (χ2n) is 5.36. The van der Waals surface area contributed by atoms with E-state index in [4.69, 9.17) is 23.2 Å². The van der Waals surface area contributed by atoms with Crippen LogP contribution >= 0.6 is 34.5 Å². The number of nitrogens with zero attached hydrogens (tertiary/aromatic N) is 2. The highest BCUT2D eigenvalue weighted by molar-refractivity contribution is 7.11. The van der Waals surface area contributed by atoms with E-state index in [1.54, 1.807) is 41.8 Å². The van der Waals surface area contributed by atoms with Crippen molar-refractivity contribution in [3.05, 3.63) is 69.1 Å². The van der Waals surface area contributed by atoms with E-state index in [1.165, 1.54) is 23.6 Å². The van der Waals surface area contributed by atoms with Crippen molar-refractivity contribution in [3.8, 4) is 23.1 Å². The molecule has 142 valence electrons. The number of para-hydroxylation sites is 2. The summed E-state index contributed by atoms with van der Waals surface area (Å²) in [6.45, 7) is -2.95. The molecule has 1 heterocycles. The average molecular weight is 438 g/mol. The topological polar surface area (TPSA) is 57.9 Å². The fourth-order valence-electron chi connectivity index (χ4n) is 2.26. The third kappa shape index (κ3) is 4.78. The third-order valence-electron chi connectivity index (χ3n) is 3.55. The number of hydrogen-bond donors (Lipinski definition) is 1. The standard InChI is InChI=1S/C19H11Cl2F2N3OS/c20-13-6-5-11(7-14(13)21)16-10-28-18(26-16)12(8-24)9-25-15-3-1-2-4-17(15)27-19(22)23/h1-7,9-10,19,25H/b12-9+. The zero-order valence-electron chi connectivity index (χ0n) is 14.0. The Morgan fingerprint density at radius 1 is 1.21 bits per heavy atom. The van der Waals surface area contributed by atoms with Crippen LogP contribution in [0, 0.1) is 11.3 Å². The molecule has 0 aliphatic rings. The zero-order chi connectivity index (χ0) is 20.1. The molecule has 0 bridgehead atoms. The average Bonchev–Trinajstić information content (AvgIpc) is 3.15. The minimum atomic E-state index is -2.95. The van der Waals surface area contributed by atoms with Crippen LogP contribution in [0.5, 0.6) is 5.75 Å². The Bertz CT molecular complexity index is 1060. The molecule has 9 heteroatoms. The summed E-state index contributed by atoms with van der Waals surface area (Å²) < 4.78 is 29.5. The van der Waals surface area contributed by atoms with E-state index < -0.39 is 6.61 Å². The number of benzene rings is 2. The van der Waals surface area contributed by atoms with Gasteiger partial charge in [0, 0.05) is 17.1 Å². The SMILES string of the molecule is N#C/C(=C\Nc1ccccc1OC(F)F)c1nc(-c2ccc(Cl)c(Cl)c2)cs1. The molecule has 0 amide bonds. The summed E-state index contributed by atoms with van der Waals surface area (Å²) in [6.07, 6.45) is 1.39. The Morgan fingerprint density at radius 2 is 2.00 bits per heavy atom. The van der Waals surface area contributed by atoms with Crippen LogP contribution in [0.3, 0.4) is 0 Å². The van der Waals surface area contributed by atoms with Crippen LogP contribution < -0.4 is 10.1 Å². The summed E-state index contributed by atoms with van der Waals surface area (Å²) >= 11 is 13.2. The number of alkyl halides is 2. The summed E-state index contributed by atoms with van der Waals surface area (Å²) in [5, 5.41) is 15.4. The van der Waals surface area contributed by atoms with Crippen LogP contribution in [-0.2, 0) is 0 Å². The summed E-state index contributed by atoms with van der Waals surface area (Å²) in [5.74, 6) is -0.0262. The quantitative estimate of drug-likeness (QED) is 0.436. The number of aromatic nitrogens is 1. The Balaban J connectivity index is 1.84. The lowest BCUT2D eigenvalue weighted by molar-refractivity contribution is -0.0493. The number of rotatable bonds is 6. The predicted molar refractivity (Wildman–Crippen MR) is 108 cm³/mol. The summed E-state index contributed by atoms with van der Waals surface area (Å²) in [4.78, 5) is 4.44. The van der Waals surface area contributed by atoms with E-state index in [0.717, 1.165) is 5.56 Å². The van der Waals surface area contributed by atoms with E-state index in [1.807, 2.05) is 6.07 Å². The molecule has 0 saturated carbocycles. The number of nitrogens with one attached hydrogen (secondary N) is 1. The molecule has 0 fully saturated rings. The number of hydrogen-bond acceptors (Lipinski definition) is 5. The van der Waals surface area contributed by atoms with Gasteiger partial charge in [-0.15, -0.1) is 11.3 Å². The number of thiazole rings is 1. The molecule has 4 nitrogen and oxygen atoms in total. The predicted octanol–water partition coefficient (Wildman–Crippen LogP) is 6.69. The fourth-order valence-corrected chi connectivity index (χ4v) is 3.35. The molecular formula is C19H11Cl2F2N3OS. The molecule has 0 unspecified atom stereocenters. The molecule has 2 aromatic carbocycles. The van der Waals surface area contributed by atoms with Gasteiger partial charge in [0.05, 0.1) is 21.4 Å². The minimum Gasteiger partial charge on any atom is -0.433 e. The van der Waals surface area contributed by atoms with Crippen LogP contribution in [0.2, 0.25) is 10.0 Å². The Labute approximate surface area is 173 Å². The maximum absolute atomic E-state index is 12.5. The maximum atomic E-state index is 12.5. The van der Waals surface area contributed by atoms with Gasteiger partial charge in [0.15, 0.2) is 0 Å². The van der Waals surface area contributed by atoms with Gasteiger partial charge in [-0.2, -0.15) is 14.0 Å². The van der Waals surface area contributed by atoms with Crippen molar-refractivity contribution in [3.63, 3.8) is 0 Å². The van der Waals surface area contributed by atoms with Crippen molar-refractivity contribution in [1.29, 1.82) is 5.26 Å². The highest BCUT2D eigenvalue weighted by Gasteiger charge is 2.12. The van der Waals surface area contributed by atoms with E-state index in [-0.39, 0.29) is 11.3 Å². The molecule has 1 N–H and O–H groups in total. The smallest absolute Gasteiger partial charge is 0.387 e. The lowest BCUT2D eigenvalue weighted by atomic mass is 10.2. The van der Waals surface area contributed by atoms with Gasteiger partial charge >= 0.3 is 6.61 Å². The minimum absolute atomic E-state index is 0.0262. The van der Waals surface area contributed by atoms with Gasteiger partial charge in [0.25, 0.3) is 0 Å². The van der Waals surface area contributed by atoms with E-state index >= 15 is 0 Å². The van der Waals surface area contributed by atoms with E-state index in [9.17, 15) is 14.0 Å². The monoisotopic (exact) mass is 437 g/mol. The summed E-state index contributed by atoms with van der Waals surface area (Å²) in [7, 11) is 0. The molecular weight excluding hydrogens is 427 g/mol. The second kappa shape index (κ2) is 9.02. The second-order valence-corrected chi connectivity index (χ2v) is 7.03. The van der Waals surface area contributed by atoms with Gasteiger partial charge < -0.3 is 10.1 Å². The van der Waals surface area contributed by atoms with E-state index in [2.05, 4.69) is 15.0 Å². The van der Waals surface area contributed by atoms with Crippen molar-refractivity contribution in [2.75, 3.05) is 5.32 Å². The van der Waals surface area contributed by atoms with Gasteiger partial charge in [0.2, 0.25) is 0 Å². The Morgan fingerprint density at radius 3 is 2.71 bits per heavy atom. The molecule has 0 aliphatic carbocycles. The van der Waals surface area contributed by atoms with Crippen molar-refractivity contribution in [2.45, 2.75) is 6.61 Å². The van der Waals surface area contributed by atoms with Crippen molar-refractivity contribution < 1.29 is 13.5 Å².